The van der Waals surface area contributed by atoms with Gasteiger partial charge < -0.3 is 7.43 Å². The molecule has 0 atom stereocenters. The fraction of sp³-hybridized carbons (Fsp3) is 0.176. The summed E-state index contributed by atoms with van der Waals surface area (Å²) >= 11 is 3.58. The van der Waals surface area contributed by atoms with Crippen molar-refractivity contribution in [2.24, 2.45) is 7.05 Å². The van der Waals surface area contributed by atoms with Crippen LogP contribution in [0, 0.1) is 51.5 Å². The predicted octanol–water partition coefficient (Wildman–Crippen LogP) is 3.71. The van der Waals surface area contributed by atoms with Crippen LogP contribution < -0.4 is 5.69 Å². The summed E-state index contributed by atoms with van der Waals surface area (Å²) in [4.78, 5) is 12.5. The molecule has 1 heterocycles. The molecule has 2 aromatic carbocycles. The number of aromatic nitrogens is 2. The van der Waals surface area contributed by atoms with Gasteiger partial charge in [-0.25, -0.2) is 4.79 Å². The van der Waals surface area contributed by atoms with Crippen LogP contribution in [0.5, 0.6) is 0 Å². The molecule has 0 spiro atoms. The summed E-state index contributed by atoms with van der Waals surface area (Å²) in [6, 6.07) is 14.8. The molecule has 0 fully saturated rings. The van der Waals surface area contributed by atoms with Gasteiger partial charge in [-0.2, -0.15) is 30.3 Å². The second-order valence-electron chi connectivity index (χ2n) is 4.95. The Morgan fingerprint density at radius 2 is 1.86 bits per heavy atom. The van der Waals surface area contributed by atoms with Crippen molar-refractivity contribution in [1.29, 1.82) is 0 Å². The molecule has 3 aromatic rings. The Hall–Kier alpha value is -0.758. The largest absolute Gasteiger partial charge is 2.00 e. The van der Waals surface area contributed by atoms with Crippen molar-refractivity contribution >= 4 is 27.0 Å². The van der Waals surface area contributed by atoms with Gasteiger partial charge in [0.25, 0.3) is 0 Å². The zero-order valence-corrected chi connectivity index (χ0v) is 18.6. The first-order valence-electron chi connectivity index (χ1n) is 6.38. The van der Waals surface area contributed by atoms with Gasteiger partial charge in [-0.1, -0.05) is 0 Å². The van der Waals surface area contributed by atoms with Crippen molar-refractivity contribution < 1.29 is 31.1 Å². The van der Waals surface area contributed by atoms with Crippen LogP contribution in [0.2, 0.25) is 0 Å². The van der Waals surface area contributed by atoms with Crippen LogP contribution in [0.3, 0.4) is 0 Å². The molecule has 22 heavy (non-hydrogen) atoms. The van der Waals surface area contributed by atoms with Crippen molar-refractivity contribution in [3.05, 3.63) is 76.0 Å². The monoisotopic (exact) mass is 582 g/mol. The molecular weight excluding hydrogens is 566 g/mol. The first kappa shape index (κ1) is 19.3. The van der Waals surface area contributed by atoms with E-state index in [2.05, 4.69) is 22.0 Å². The van der Waals surface area contributed by atoms with Crippen LogP contribution in [0.15, 0.2) is 45.7 Å². The molecule has 0 aliphatic heterocycles. The fourth-order valence-corrected chi connectivity index (χ4v) is 3.25. The number of benzene rings is 2. The Labute approximate surface area is 162 Å². The van der Waals surface area contributed by atoms with Gasteiger partial charge >= 0.3 is 36.8 Å². The zero-order valence-electron chi connectivity index (χ0n) is 12.9. The van der Waals surface area contributed by atoms with Gasteiger partial charge in [-0.3, -0.25) is 9.13 Å². The van der Waals surface area contributed by atoms with Gasteiger partial charge in [0.15, 0.2) is 0 Å². The maximum absolute atomic E-state index is 12.5. The van der Waals surface area contributed by atoms with Crippen LogP contribution in [0.4, 0.5) is 0 Å². The molecule has 0 saturated heterocycles. The summed E-state index contributed by atoms with van der Waals surface area (Å²) in [7, 11) is 1.81. The van der Waals surface area contributed by atoms with E-state index >= 15 is 0 Å². The van der Waals surface area contributed by atoms with Crippen molar-refractivity contribution in [2.45, 2.75) is 13.5 Å². The molecule has 112 valence electrons. The summed E-state index contributed by atoms with van der Waals surface area (Å²) in [6.07, 6.45) is 0. The second kappa shape index (κ2) is 7.68. The minimum atomic E-state index is -0.000803. The average molecular weight is 583 g/mol. The van der Waals surface area contributed by atoms with Gasteiger partial charge in [0, 0.05) is 18.1 Å². The van der Waals surface area contributed by atoms with Gasteiger partial charge in [0.1, 0.15) is 0 Å². The van der Waals surface area contributed by atoms with E-state index in [-0.39, 0.29) is 44.2 Å². The van der Waals surface area contributed by atoms with E-state index in [4.69, 9.17) is 0 Å². The molecule has 0 N–H and O–H groups in total. The number of imidazole rings is 1. The normalized spacial score (nSPS) is 10.1. The average Bonchev–Trinajstić information content (AvgIpc) is 2.65. The Morgan fingerprint density at radius 1 is 1.23 bits per heavy atom. The Kier molecular flexibility index (Phi) is 6.73. The number of fused-ring (bicyclic) bond motifs is 1. The van der Waals surface area contributed by atoms with Crippen molar-refractivity contribution in [2.75, 3.05) is 0 Å². The molecule has 3 nitrogen and oxygen atoms in total. The maximum atomic E-state index is 12.5. The van der Waals surface area contributed by atoms with E-state index in [0.29, 0.717) is 6.54 Å². The third-order valence-electron chi connectivity index (χ3n) is 3.46. The summed E-state index contributed by atoms with van der Waals surface area (Å²) in [5.74, 6) is 0. The number of halogens is 1. The maximum Gasteiger partial charge on any atom is 2.00 e. The quantitative estimate of drug-likeness (QED) is 0.423. The first-order valence-corrected chi connectivity index (χ1v) is 7.17. The second-order valence-corrected chi connectivity index (χ2v) is 5.80. The Morgan fingerprint density at radius 3 is 2.50 bits per heavy atom. The third-order valence-corrected chi connectivity index (χ3v) is 4.07. The topological polar surface area (TPSA) is 26.9 Å². The standard InChI is InChI=1S/C16H14BrN2O.CH3.U/c1-11-8-13(17)15-14(9-11)18(2)16(20)19(15)10-12-6-4-3-5-7-12;;/h4-9H,10H2,1-2H3;1H3;/q2*-1;+2. The SMILES string of the molecule is Cc1cc(Br)c2c(c1)n(C)c(=O)n2Cc1cc[c-]cc1.[CH3-].[U+2]. The molecule has 3 rings (SSSR count). The number of hydrogen-bond acceptors (Lipinski definition) is 1. The number of nitrogens with zero attached hydrogens (tertiary/aromatic N) is 2. The van der Waals surface area contributed by atoms with E-state index in [1.54, 1.807) is 9.13 Å². The molecule has 0 aliphatic rings. The number of hydrogen-bond donors (Lipinski definition) is 0. The third kappa shape index (κ3) is 3.42. The molecule has 0 saturated carbocycles. The minimum Gasteiger partial charge on any atom is -0.358 e. The van der Waals surface area contributed by atoms with Gasteiger partial charge in [-0.15, -0.1) is 5.56 Å². The van der Waals surface area contributed by atoms with Crippen molar-refractivity contribution in [1.82, 2.24) is 9.13 Å². The van der Waals surface area contributed by atoms with E-state index in [1.165, 1.54) is 0 Å². The van der Waals surface area contributed by atoms with Gasteiger partial charge in [0.2, 0.25) is 0 Å². The van der Waals surface area contributed by atoms with Crippen molar-refractivity contribution in [3.8, 4) is 0 Å². The Balaban J connectivity index is 0.00000121. The molecule has 5 heteroatoms. The molecule has 0 unspecified atom stereocenters. The van der Waals surface area contributed by atoms with E-state index in [9.17, 15) is 4.79 Å². The van der Waals surface area contributed by atoms with Crippen LogP contribution >= 0.6 is 15.9 Å². The summed E-state index contributed by atoms with van der Waals surface area (Å²) in [6.45, 7) is 2.59. The molecule has 0 amide bonds. The van der Waals surface area contributed by atoms with Crippen LogP contribution in [-0.2, 0) is 13.6 Å². The van der Waals surface area contributed by atoms with E-state index in [0.717, 1.165) is 26.6 Å². The summed E-state index contributed by atoms with van der Waals surface area (Å²) in [5.41, 5.74) is 4.11. The predicted molar refractivity (Wildman–Crippen MR) is 90.4 cm³/mol. The molecule has 0 radical (unpaired) electrons. The number of rotatable bonds is 2. The fourth-order valence-electron chi connectivity index (χ4n) is 2.47. The van der Waals surface area contributed by atoms with Gasteiger partial charge in [-0.05, 0) is 40.5 Å². The smallest absolute Gasteiger partial charge is 0.358 e. The summed E-state index contributed by atoms with van der Waals surface area (Å²) < 4.78 is 4.45. The molecular formula is C17H17BrN2OU. The van der Waals surface area contributed by atoms with Crippen LogP contribution in [-0.4, -0.2) is 9.13 Å². The van der Waals surface area contributed by atoms with Crippen molar-refractivity contribution in [3.63, 3.8) is 0 Å². The first-order chi connectivity index (χ1) is 9.58. The number of aryl methyl sites for hydroxylation is 2. The van der Waals surface area contributed by atoms with Gasteiger partial charge in [0.05, 0.1) is 11.0 Å². The van der Waals surface area contributed by atoms with E-state index in [1.807, 2.05) is 50.4 Å². The molecule has 1 aromatic heterocycles. The van der Waals surface area contributed by atoms with Crippen LogP contribution in [0.1, 0.15) is 11.1 Å². The van der Waals surface area contributed by atoms with E-state index < -0.39 is 0 Å². The minimum absolute atomic E-state index is 0. The molecule has 0 bridgehead atoms. The zero-order chi connectivity index (χ0) is 14.3. The molecule has 0 aliphatic carbocycles. The summed E-state index contributed by atoms with van der Waals surface area (Å²) in [5, 5.41) is 0. The Bertz CT molecular complexity index is 837. The van der Waals surface area contributed by atoms with Crippen LogP contribution in [0.25, 0.3) is 11.0 Å².